The topological polar surface area (TPSA) is 80.6 Å². The van der Waals surface area contributed by atoms with E-state index in [1.54, 1.807) is 0 Å². The maximum atomic E-state index is 13.3. The Balaban J connectivity index is 1.74. The second-order valence-corrected chi connectivity index (χ2v) is 6.04. The Morgan fingerprint density at radius 3 is 2.44 bits per heavy atom. The van der Waals surface area contributed by atoms with Gasteiger partial charge in [-0.15, -0.1) is 0 Å². The molecule has 0 bridgehead atoms. The van der Waals surface area contributed by atoms with Gasteiger partial charge in [0.1, 0.15) is 5.69 Å². The molecule has 0 unspecified atom stereocenters. The molecule has 2 amide bonds. The summed E-state index contributed by atoms with van der Waals surface area (Å²) in [6, 6.07) is 4.25. The van der Waals surface area contributed by atoms with Gasteiger partial charge in [-0.25, -0.2) is 8.78 Å². The summed E-state index contributed by atoms with van der Waals surface area (Å²) in [6.45, 7) is 1.41. The number of rotatable bonds is 4. The summed E-state index contributed by atoms with van der Waals surface area (Å²) >= 11 is 0. The van der Waals surface area contributed by atoms with Crippen molar-refractivity contribution in [1.29, 1.82) is 0 Å². The van der Waals surface area contributed by atoms with Gasteiger partial charge in [0.25, 0.3) is 17.6 Å². The number of anilines is 1. The number of Topliss-reactive ketones (excluding diaryl/α,β-unsaturated/α-hetero) is 1. The van der Waals surface area contributed by atoms with Crippen LogP contribution in [0.4, 0.5) is 14.5 Å². The molecule has 1 aromatic heterocycles. The lowest BCUT2D eigenvalue weighted by Crippen LogP contribution is -2.44. The Kier molecular flexibility index (Phi) is 5.31. The Morgan fingerprint density at radius 2 is 1.78 bits per heavy atom. The number of carbonyl (C=O) groups excluding carboxylic acids is 3. The van der Waals surface area contributed by atoms with Crippen LogP contribution < -0.4 is 5.32 Å². The van der Waals surface area contributed by atoms with Crippen molar-refractivity contribution in [3.63, 3.8) is 0 Å². The molecule has 9 heteroatoms. The molecule has 0 aliphatic carbocycles. The molecular formula is C18H17F2N3O4. The second kappa shape index (κ2) is 7.67. The lowest BCUT2D eigenvalue weighted by atomic mass is 10.2. The molecule has 2 heterocycles. The number of halogens is 2. The monoisotopic (exact) mass is 377 g/mol. The fourth-order valence-corrected chi connectivity index (χ4v) is 2.72. The van der Waals surface area contributed by atoms with E-state index in [1.165, 1.54) is 34.8 Å². The molecular weight excluding hydrogens is 360 g/mol. The third-order valence-corrected chi connectivity index (χ3v) is 4.17. The van der Waals surface area contributed by atoms with Crippen LogP contribution in [0, 0.1) is 11.6 Å². The summed E-state index contributed by atoms with van der Waals surface area (Å²) in [4.78, 5) is 38.5. The van der Waals surface area contributed by atoms with Crippen LogP contribution in [0.1, 0.15) is 20.8 Å². The molecule has 1 aliphatic heterocycles. The highest BCUT2D eigenvalue weighted by molar-refractivity contribution is 6.42. The molecule has 1 aromatic carbocycles. The average molecular weight is 377 g/mol. The van der Waals surface area contributed by atoms with E-state index in [1.807, 2.05) is 0 Å². The molecule has 0 spiro atoms. The number of aromatic nitrogens is 1. The van der Waals surface area contributed by atoms with Crippen LogP contribution in [-0.2, 0) is 16.6 Å². The van der Waals surface area contributed by atoms with Gasteiger partial charge in [-0.05, 0) is 18.2 Å². The first kappa shape index (κ1) is 18.7. The smallest absolute Gasteiger partial charge is 0.295 e. The number of aryl methyl sites for hydroxylation is 1. The van der Waals surface area contributed by atoms with Gasteiger partial charge in [-0.3, -0.25) is 14.4 Å². The van der Waals surface area contributed by atoms with E-state index >= 15 is 0 Å². The number of morpholine rings is 1. The zero-order chi connectivity index (χ0) is 19.6. The highest BCUT2D eigenvalue weighted by atomic mass is 19.2. The van der Waals surface area contributed by atoms with Gasteiger partial charge in [-0.2, -0.15) is 0 Å². The Hall–Kier alpha value is -3.07. The third kappa shape index (κ3) is 4.03. The van der Waals surface area contributed by atoms with E-state index < -0.39 is 29.2 Å². The molecule has 2 aromatic rings. The van der Waals surface area contributed by atoms with Crippen molar-refractivity contribution >= 4 is 23.3 Å². The van der Waals surface area contributed by atoms with E-state index in [9.17, 15) is 23.2 Å². The van der Waals surface area contributed by atoms with Crippen LogP contribution >= 0.6 is 0 Å². The van der Waals surface area contributed by atoms with Gasteiger partial charge in [0.2, 0.25) is 0 Å². The van der Waals surface area contributed by atoms with Crippen molar-refractivity contribution in [2.45, 2.75) is 0 Å². The minimum Gasteiger partial charge on any atom is -0.378 e. The molecule has 0 atom stereocenters. The summed E-state index contributed by atoms with van der Waals surface area (Å²) in [7, 11) is 1.54. The quantitative estimate of drug-likeness (QED) is 0.648. The van der Waals surface area contributed by atoms with Crippen molar-refractivity contribution in [3.8, 4) is 0 Å². The molecule has 3 rings (SSSR count). The number of benzene rings is 1. The summed E-state index contributed by atoms with van der Waals surface area (Å²) in [5.74, 6) is -4.12. The van der Waals surface area contributed by atoms with Gasteiger partial charge in [-0.1, -0.05) is 0 Å². The minimum absolute atomic E-state index is 0.0670. The van der Waals surface area contributed by atoms with Crippen LogP contribution in [0.5, 0.6) is 0 Å². The maximum absolute atomic E-state index is 13.3. The van der Waals surface area contributed by atoms with Crippen LogP contribution in [0.25, 0.3) is 0 Å². The minimum atomic E-state index is -1.09. The number of ketones is 1. The standard InChI is InChI=1S/C18H17F2N3O4/c1-22-10-11(16(24)18(26)23-4-6-27-7-5-23)8-15(22)17(25)21-12-2-3-13(19)14(20)9-12/h2-3,8-10H,4-7H2,1H3,(H,21,25). The first-order valence-electron chi connectivity index (χ1n) is 8.21. The van der Waals surface area contributed by atoms with E-state index in [0.717, 1.165) is 12.1 Å². The molecule has 1 aliphatic rings. The van der Waals surface area contributed by atoms with Crippen molar-refractivity contribution in [2.75, 3.05) is 31.6 Å². The van der Waals surface area contributed by atoms with Gasteiger partial charge in [0.15, 0.2) is 11.6 Å². The zero-order valence-corrected chi connectivity index (χ0v) is 14.5. The number of ether oxygens (including phenoxy) is 1. The molecule has 7 nitrogen and oxygen atoms in total. The molecule has 1 N–H and O–H groups in total. The van der Waals surface area contributed by atoms with Crippen LogP contribution in [-0.4, -0.2) is 53.4 Å². The van der Waals surface area contributed by atoms with Crippen molar-refractivity contribution in [2.24, 2.45) is 7.05 Å². The van der Waals surface area contributed by atoms with E-state index in [4.69, 9.17) is 4.74 Å². The first-order chi connectivity index (χ1) is 12.9. The number of nitrogens with zero attached hydrogens (tertiary/aromatic N) is 2. The highest BCUT2D eigenvalue weighted by Crippen LogP contribution is 2.16. The predicted molar refractivity (Wildman–Crippen MR) is 91.5 cm³/mol. The average Bonchev–Trinajstić information content (AvgIpc) is 3.06. The number of amides is 2. The number of hydrogen-bond acceptors (Lipinski definition) is 4. The fourth-order valence-electron chi connectivity index (χ4n) is 2.72. The lowest BCUT2D eigenvalue weighted by Gasteiger charge is -2.25. The number of nitrogens with one attached hydrogen (secondary N) is 1. The molecule has 142 valence electrons. The SMILES string of the molecule is Cn1cc(C(=O)C(=O)N2CCOCC2)cc1C(=O)Nc1ccc(F)c(F)c1. The predicted octanol–water partition coefficient (Wildman–Crippen LogP) is 1.60. The Labute approximate surface area is 153 Å². The van der Waals surface area contributed by atoms with Gasteiger partial charge in [0.05, 0.1) is 13.2 Å². The molecule has 27 heavy (non-hydrogen) atoms. The first-order valence-corrected chi connectivity index (χ1v) is 8.21. The molecule has 1 fully saturated rings. The van der Waals surface area contributed by atoms with Crippen molar-refractivity contribution in [1.82, 2.24) is 9.47 Å². The molecule has 1 saturated heterocycles. The third-order valence-electron chi connectivity index (χ3n) is 4.17. The van der Waals surface area contributed by atoms with E-state index in [-0.39, 0.29) is 16.9 Å². The Morgan fingerprint density at radius 1 is 1.07 bits per heavy atom. The van der Waals surface area contributed by atoms with Crippen LogP contribution in [0.15, 0.2) is 30.5 Å². The molecule has 0 radical (unpaired) electrons. The summed E-state index contributed by atoms with van der Waals surface area (Å²) in [5, 5.41) is 2.42. The van der Waals surface area contributed by atoms with Gasteiger partial charge < -0.3 is 19.5 Å². The zero-order valence-electron chi connectivity index (χ0n) is 14.5. The van der Waals surface area contributed by atoms with Crippen LogP contribution in [0.2, 0.25) is 0 Å². The van der Waals surface area contributed by atoms with Crippen molar-refractivity contribution in [3.05, 3.63) is 53.4 Å². The summed E-state index contributed by atoms with van der Waals surface area (Å²) < 4.78 is 32.8. The lowest BCUT2D eigenvalue weighted by molar-refractivity contribution is -0.130. The normalized spacial score (nSPS) is 14.1. The van der Waals surface area contributed by atoms with Gasteiger partial charge in [0, 0.05) is 43.7 Å². The van der Waals surface area contributed by atoms with Gasteiger partial charge >= 0.3 is 0 Å². The number of hydrogen-bond donors (Lipinski definition) is 1. The largest absolute Gasteiger partial charge is 0.378 e. The summed E-state index contributed by atoms with van der Waals surface area (Å²) in [5.41, 5.74) is 0.236. The molecule has 0 saturated carbocycles. The Bertz CT molecular complexity index is 904. The maximum Gasteiger partial charge on any atom is 0.295 e. The number of carbonyl (C=O) groups is 3. The summed E-state index contributed by atoms with van der Waals surface area (Å²) in [6.07, 6.45) is 1.38. The van der Waals surface area contributed by atoms with E-state index in [0.29, 0.717) is 26.3 Å². The van der Waals surface area contributed by atoms with E-state index in [2.05, 4.69) is 5.32 Å². The second-order valence-electron chi connectivity index (χ2n) is 6.04. The fraction of sp³-hybridized carbons (Fsp3) is 0.278. The van der Waals surface area contributed by atoms with Crippen molar-refractivity contribution < 1.29 is 27.9 Å². The highest BCUT2D eigenvalue weighted by Gasteiger charge is 2.27. The van der Waals surface area contributed by atoms with Crippen LogP contribution in [0.3, 0.4) is 0 Å².